The van der Waals surface area contributed by atoms with E-state index >= 15 is 0 Å². The van der Waals surface area contributed by atoms with E-state index in [-0.39, 0.29) is 0 Å². The number of pyridine rings is 1. The maximum Gasteiger partial charge on any atom is 0.153 e. The molecule has 0 radical (unpaired) electrons. The Morgan fingerprint density at radius 1 is 1.19 bits per heavy atom. The van der Waals surface area contributed by atoms with Crippen LogP contribution < -0.4 is 21.9 Å². The number of halogens is 1. The number of hydrogen-bond donors (Lipinski definition) is 3. The Kier molecular flexibility index (Phi) is 5.38. The minimum atomic E-state index is 0.587. The van der Waals surface area contributed by atoms with Crippen LogP contribution >= 0.6 is 15.9 Å². The summed E-state index contributed by atoms with van der Waals surface area (Å²) >= 11 is 3.48. The van der Waals surface area contributed by atoms with E-state index in [0.717, 1.165) is 21.4 Å². The molecule has 0 aliphatic heterocycles. The van der Waals surface area contributed by atoms with E-state index in [9.17, 15) is 0 Å². The molecule has 0 saturated carbocycles. The molecule has 0 spiro atoms. The van der Waals surface area contributed by atoms with E-state index in [1.807, 2.05) is 20.8 Å². The summed E-state index contributed by atoms with van der Waals surface area (Å²) in [5.74, 6) is 7.74. The Balaban J connectivity index is 1.92. The van der Waals surface area contributed by atoms with Gasteiger partial charge in [0.15, 0.2) is 5.82 Å². The quantitative estimate of drug-likeness (QED) is 0.412. The van der Waals surface area contributed by atoms with Gasteiger partial charge in [0.05, 0.1) is 40.7 Å². The Morgan fingerprint density at radius 2 is 1.96 bits per heavy atom. The van der Waals surface area contributed by atoms with Crippen LogP contribution in [-0.2, 0) is 0 Å². The summed E-state index contributed by atoms with van der Waals surface area (Å²) in [4.78, 5) is 13.4. The highest BCUT2D eigenvalue weighted by Gasteiger charge is 2.15. The molecule has 0 fully saturated rings. The van der Waals surface area contributed by atoms with Crippen LogP contribution in [0.1, 0.15) is 17.1 Å². The highest BCUT2D eigenvalue weighted by Crippen LogP contribution is 2.29. The third-order valence-electron chi connectivity index (χ3n) is 3.85. The first-order valence-corrected chi connectivity index (χ1v) is 8.81. The smallest absolute Gasteiger partial charge is 0.153 e. The van der Waals surface area contributed by atoms with E-state index in [1.54, 1.807) is 18.5 Å². The van der Waals surface area contributed by atoms with Gasteiger partial charge in [-0.05, 0) is 42.8 Å². The molecule has 3 aromatic rings. The molecule has 3 rings (SSSR count). The number of aryl methyl sites for hydroxylation is 3. The Morgan fingerprint density at radius 3 is 2.59 bits per heavy atom. The van der Waals surface area contributed by atoms with Crippen LogP contribution in [0, 0.1) is 20.8 Å². The Labute approximate surface area is 164 Å². The zero-order valence-corrected chi connectivity index (χ0v) is 16.6. The largest absolute Gasteiger partial charge is 0.403 e. The van der Waals surface area contributed by atoms with Crippen molar-refractivity contribution >= 4 is 33.3 Å². The van der Waals surface area contributed by atoms with Gasteiger partial charge in [-0.15, -0.1) is 0 Å². The van der Waals surface area contributed by atoms with Crippen molar-refractivity contribution in [3.05, 3.63) is 52.5 Å². The van der Waals surface area contributed by atoms with Gasteiger partial charge in [-0.1, -0.05) is 5.16 Å². The van der Waals surface area contributed by atoms with Gasteiger partial charge in [0.1, 0.15) is 11.6 Å². The molecule has 0 bridgehead atoms. The second-order valence-corrected chi connectivity index (χ2v) is 6.64. The molecular formula is C17H19BrN8O. The lowest BCUT2D eigenvalue weighted by atomic mass is 10.1. The van der Waals surface area contributed by atoms with Crippen molar-refractivity contribution in [2.24, 2.45) is 11.6 Å². The normalized spacial score (nSPS) is 11.1. The van der Waals surface area contributed by atoms with Gasteiger partial charge in [0.2, 0.25) is 0 Å². The fraction of sp³-hybridized carbons (Fsp3) is 0.176. The number of hydrogen-bond acceptors (Lipinski definition) is 9. The molecule has 10 heteroatoms. The zero-order valence-electron chi connectivity index (χ0n) is 15.1. The molecular weight excluding hydrogens is 412 g/mol. The lowest BCUT2D eigenvalue weighted by Crippen LogP contribution is -2.25. The maximum absolute atomic E-state index is 5.87. The third kappa shape index (κ3) is 3.91. The van der Waals surface area contributed by atoms with Gasteiger partial charge in [0, 0.05) is 16.9 Å². The molecule has 3 aromatic heterocycles. The summed E-state index contributed by atoms with van der Waals surface area (Å²) < 4.78 is 5.97. The van der Waals surface area contributed by atoms with E-state index in [4.69, 9.17) is 16.1 Å². The van der Waals surface area contributed by atoms with Gasteiger partial charge in [-0.2, -0.15) is 0 Å². The number of rotatable bonds is 5. The number of aromatic nitrogens is 4. The standard InChI is InChI=1S/C17H19BrN8O/c1-9-16(11(3)27-25-9)13-7-21-10(2)17(23-13)24-15-6-12(18)14(8-22-15)26(20)5-4-19/h4-8H,19-20H2,1-3H3,(H,22,23,24)/b5-4-. The summed E-state index contributed by atoms with van der Waals surface area (Å²) in [6, 6.07) is 1.79. The first-order chi connectivity index (χ1) is 12.9. The van der Waals surface area contributed by atoms with E-state index in [0.29, 0.717) is 28.8 Å². The van der Waals surface area contributed by atoms with Crippen LogP contribution in [0.15, 0.2) is 39.9 Å². The Hall–Kier alpha value is -2.98. The van der Waals surface area contributed by atoms with Crippen LogP contribution in [0.2, 0.25) is 0 Å². The maximum atomic E-state index is 5.87. The van der Waals surface area contributed by atoms with Gasteiger partial charge in [-0.25, -0.2) is 15.8 Å². The van der Waals surface area contributed by atoms with Gasteiger partial charge >= 0.3 is 0 Å². The van der Waals surface area contributed by atoms with Crippen molar-refractivity contribution in [3.8, 4) is 11.3 Å². The first-order valence-electron chi connectivity index (χ1n) is 8.02. The monoisotopic (exact) mass is 430 g/mol. The Bertz CT molecular complexity index is 981. The fourth-order valence-corrected chi connectivity index (χ4v) is 3.04. The summed E-state index contributed by atoms with van der Waals surface area (Å²) in [5.41, 5.74) is 9.04. The van der Waals surface area contributed by atoms with Crippen LogP contribution in [0.5, 0.6) is 0 Å². The van der Waals surface area contributed by atoms with E-state index in [2.05, 4.69) is 41.4 Å². The summed E-state index contributed by atoms with van der Waals surface area (Å²) in [5, 5.41) is 8.52. The highest BCUT2D eigenvalue weighted by atomic mass is 79.9. The minimum Gasteiger partial charge on any atom is -0.403 e. The number of nitrogens with two attached hydrogens (primary N) is 2. The highest BCUT2D eigenvalue weighted by molar-refractivity contribution is 9.10. The molecule has 0 aromatic carbocycles. The van der Waals surface area contributed by atoms with Crippen molar-refractivity contribution in [3.63, 3.8) is 0 Å². The number of anilines is 3. The van der Waals surface area contributed by atoms with E-state index < -0.39 is 0 Å². The summed E-state index contributed by atoms with van der Waals surface area (Å²) in [6.45, 7) is 5.57. The molecule has 0 unspecified atom stereocenters. The molecule has 9 nitrogen and oxygen atoms in total. The number of nitrogens with zero attached hydrogens (tertiary/aromatic N) is 5. The number of nitrogens with one attached hydrogen (secondary N) is 1. The molecule has 140 valence electrons. The molecule has 0 aliphatic rings. The zero-order chi connectivity index (χ0) is 19.6. The summed E-state index contributed by atoms with van der Waals surface area (Å²) in [6.07, 6.45) is 6.19. The minimum absolute atomic E-state index is 0.587. The van der Waals surface area contributed by atoms with Crippen LogP contribution in [-0.4, -0.2) is 20.1 Å². The predicted molar refractivity (Wildman–Crippen MR) is 107 cm³/mol. The SMILES string of the molecule is Cc1ncc(-c2c(C)noc2C)nc1Nc1cc(Br)c(N(N)/C=C\N)cn1. The van der Waals surface area contributed by atoms with Gasteiger partial charge in [0.25, 0.3) is 0 Å². The van der Waals surface area contributed by atoms with Crippen molar-refractivity contribution < 1.29 is 4.52 Å². The fourth-order valence-electron chi connectivity index (χ4n) is 2.51. The predicted octanol–water partition coefficient (Wildman–Crippen LogP) is 3.07. The van der Waals surface area contributed by atoms with Gasteiger partial charge in [-0.3, -0.25) is 9.99 Å². The number of hydrazine groups is 1. The van der Waals surface area contributed by atoms with Crippen LogP contribution in [0.4, 0.5) is 17.3 Å². The van der Waals surface area contributed by atoms with Crippen LogP contribution in [0.25, 0.3) is 11.3 Å². The van der Waals surface area contributed by atoms with Crippen molar-refractivity contribution in [1.29, 1.82) is 0 Å². The average molecular weight is 431 g/mol. The lowest BCUT2D eigenvalue weighted by molar-refractivity contribution is 0.393. The van der Waals surface area contributed by atoms with Crippen molar-refractivity contribution in [2.75, 3.05) is 10.3 Å². The molecule has 5 N–H and O–H groups in total. The van der Waals surface area contributed by atoms with Crippen molar-refractivity contribution in [1.82, 2.24) is 20.1 Å². The second kappa shape index (κ2) is 7.72. The van der Waals surface area contributed by atoms with Gasteiger partial charge < -0.3 is 15.6 Å². The summed E-state index contributed by atoms with van der Waals surface area (Å²) in [7, 11) is 0. The molecule has 0 amide bonds. The molecule has 3 heterocycles. The van der Waals surface area contributed by atoms with E-state index in [1.165, 1.54) is 17.4 Å². The molecule has 0 saturated heterocycles. The lowest BCUT2D eigenvalue weighted by Gasteiger charge is -2.16. The molecule has 0 aliphatic carbocycles. The first kappa shape index (κ1) is 18.8. The molecule has 27 heavy (non-hydrogen) atoms. The van der Waals surface area contributed by atoms with Crippen LogP contribution in [0.3, 0.4) is 0 Å². The molecule has 0 atom stereocenters. The average Bonchev–Trinajstić information content (AvgIpc) is 2.96. The topological polar surface area (TPSA) is 132 Å². The van der Waals surface area contributed by atoms with Crippen molar-refractivity contribution in [2.45, 2.75) is 20.8 Å². The third-order valence-corrected chi connectivity index (χ3v) is 4.49. The second-order valence-electron chi connectivity index (χ2n) is 5.78.